The van der Waals surface area contributed by atoms with Crippen LogP contribution in [0.15, 0.2) is 224 Å². The lowest BCUT2D eigenvalue weighted by molar-refractivity contribution is -0.105. The minimum absolute atomic E-state index is 0.742. The molecule has 4 heteroatoms. The number of anilines is 1. The fourth-order valence-corrected chi connectivity index (χ4v) is 9.20. The van der Waals surface area contributed by atoms with E-state index in [1.54, 1.807) is 0 Å². The number of amides is 1. The molecule has 10 aromatic carbocycles. The summed E-state index contributed by atoms with van der Waals surface area (Å²) in [5.41, 5.74) is 15.8. The van der Waals surface area contributed by atoms with Crippen molar-refractivity contribution < 1.29 is 4.79 Å². The minimum Gasteiger partial charge on any atom is -0.328 e. The van der Waals surface area contributed by atoms with E-state index in [-0.39, 0.29) is 0 Å². The summed E-state index contributed by atoms with van der Waals surface area (Å²) in [6, 6.07) is 79.3. The van der Waals surface area contributed by atoms with Crippen LogP contribution in [0.5, 0.6) is 0 Å². The van der Waals surface area contributed by atoms with E-state index in [1.807, 2.05) is 30.3 Å². The van der Waals surface area contributed by atoms with Crippen LogP contribution in [0, 0.1) is 0 Å². The number of hydrogen-bond donors (Lipinski definition) is 1. The number of para-hydroxylation sites is 4. The summed E-state index contributed by atoms with van der Waals surface area (Å²) in [5, 5.41) is 7.65. The van der Waals surface area contributed by atoms with Crippen LogP contribution in [0.4, 0.5) is 5.69 Å². The predicted octanol–water partition coefficient (Wildman–Crippen LogP) is 14.9. The molecule has 62 heavy (non-hydrogen) atoms. The first kappa shape index (κ1) is 36.7. The largest absolute Gasteiger partial charge is 0.328 e. The van der Waals surface area contributed by atoms with Gasteiger partial charge in [0.1, 0.15) is 5.82 Å². The van der Waals surface area contributed by atoms with Crippen molar-refractivity contribution in [2.45, 2.75) is 0 Å². The van der Waals surface area contributed by atoms with E-state index in [9.17, 15) is 4.79 Å². The van der Waals surface area contributed by atoms with E-state index in [0.717, 1.165) is 73.6 Å². The van der Waals surface area contributed by atoms with Gasteiger partial charge in [0.15, 0.2) is 0 Å². The Hall–Kier alpha value is -8.34. The Labute approximate surface area is 360 Å². The zero-order valence-corrected chi connectivity index (χ0v) is 33.7. The van der Waals surface area contributed by atoms with Gasteiger partial charge in [-0.05, 0) is 120 Å². The summed E-state index contributed by atoms with van der Waals surface area (Å²) in [6.45, 7) is 0. The number of rotatable bonds is 9. The average Bonchev–Trinajstić information content (AvgIpc) is 3.74. The maximum Gasteiger partial charge on any atom is 0.211 e. The van der Waals surface area contributed by atoms with Crippen LogP contribution >= 0.6 is 0 Å². The molecule has 0 saturated heterocycles. The first-order valence-electron chi connectivity index (χ1n) is 20.9. The van der Waals surface area contributed by atoms with Crippen molar-refractivity contribution in [2.24, 2.45) is 0 Å². The summed E-state index contributed by atoms with van der Waals surface area (Å²) in [6.07, 6.45) is 0.742. The number of carbonyl (C=O) groups excluding carboxylic acids is 1. The van der Waals surface area contributed by atoms with Gasteiger partial charge >= 0.3 is 0 Å². The van der Waals surface area contributed by atoms with Gasteiger partial charge in [0, 0.05) is 22.5 Å². The standard InChI is InChI=1S/C58H39N3O/c62-38-59-53-28-14-13-23-48(53)47-22-8-7-21-46(47)42-35-43(37-44(36-42)58-60-54-29-15-16-30-55(54)61(58)45-19-5-2-6-20-45)57-51-26-11-9-24-49(51)56(50-25-10-12-27-52(50)57)41-33-31-40(32-34-41)39-17-3-1-4-18-39/h1-38H,(H,59,62). The van der Waals surface area contributed by atoms with Crippen LogP contribution in [0.2, 0.25) is 0 Å². The van der Waals surface area contributed by atoms with Gasteiger partial charge in [-0.15, -0.1) is 0 Å². The third-order valence-corrected chi connectivity index (χ3v) is 11.9. The maximum absolute atomic E-state index is 11.8. The Bertz CT molecular complexity index is 3390. The van der Waals surface area contributed by atoms with Crippen molar-refractivity contribution in [1.82, 2.24) is 9.55 Å². The van der Waals surface area contributed by atoms with E-state index in [2.05, 4.69) is 204 Å². The van der Waals surface area contributed by atoms with E-state index >= 15 is 0 Å². The molecule has 11 aromatic rings. The fourth-order valence-electron chi connectivity index (χ4n) is 9.20. The van der Waals surface area contributed by atoms with E-state index in [1.165, 1.54) is 43.8 Å². The quantitative estimate of drug-likeness (QED) is 0.117. The highest BCUT2D eigenvalue weighted by Gasteiger charge is 2.22. The molecule has 1 amide bonds. The highest BCUT2D eigenvalue weighted by molar-refractivity contribution is 6.21. The molecule has 4 nitrogen and oxygen atoms in total. The molecule has 0 spiro atoms. The third kappa shape index (κ3) is 6.42. The van der Waals surface area contributed by atoms with E-state index in [4.69, 9.17) is 4.98 Å². The fraction of sp³-hybridized carbons (Fsp3) is 0. The molecule has 0 atom stereocenters. The van der Waals surface area contributed by atoms with Crippen LogP contribution in [-0.4, -0.2) is 16.0 Å². The summed E-state index contributed by atoms with van der Waals surface area (Å²) in [7, 11) is 0. The van der Waals surface area contributed by atoms with Crippen LogP contribution < -0.4 is 5.32 Å². The molecule has 1 heterocycles. The van der Waals surface area contributed by atoms with E-state index in [0.29, 0.717) is 0 Å². The minimum atomic E-state index is 0.742. The highest BCUT2D eigenvalue weighted by atomic mass is 16.1. The molecule has 292 valence electrons. The number of hydrogen-bond acceptors (Lipinski definition) is 2. The summed E-state index contributed by atoms with van der Waals surface area (Å²) in [5.74, 6) is 0.852. The van der Waals surface area contributed by atoms with Gasteiger partial charge in [0.05, 0.1) is 11.0 Å². The molecule has 0 radical (unpaired) electrons. The molecule has 0 aliphatic carbocycles. The summed E-state index contributed by atoms with van der Waals surface area (Å²) >= 11 is 0. The molecular formula is C58H39N3O. The number of aromatic nitrogens is 2. The molecule has 0 aliphatic heterocycles. The summed E-state index contributed by atoms with van der Waals surface area (Å²) in [4.78, 5) is 17.2. The first-order valence-corrected chi connectivity index (χ1v) is 20.9. The van der Waals surface area contributed by atoms with E-state index < -0.39 is 0 Å². The second-order valence-corrected chi connectivity index (χ2v) is 15.5. The molecule has 1 N–H and O–H groups in total. The van der Waals surface area contributed by atoms with Gasteiger partial charge in [0.2, 0.25) is 6.41 Å². The zero-order valence-electron chi connectivity index (χ0n) is 33.7. The van der Waals surface area contributed by atoms with Gasteiger partial charge in [-0.3, -0.25) is 9.36 Å². The van der Waals surface area contributed by atoms with Crippen molar-refractivity contribution in [2.75, 3.05) is 5.32 Å². The van der Waals surface area contributed by atoms with Gasteiger partial charge < -0.3 is 5.32 Å². The van der Waals surface area contributed by atoms with Crippen molar-refractivity contribution in [3.8, 4) is 72.7 Å². The van der Waals surface area contributed by atoms with Gasteiger partial charge in [0.25, 0.3) is 0 Å². The normalized spacial score (nSPS) is 11.3. The lowest BCUT2D eigenvalue weighted by atomic mass is 9.84. The number of carbonyl (C=O) groups is 1. The van der Waals surface area contributed by atoms with Crippen molar-refractivity contribution in [3.05, 3.63) is 224 Å². The Morgan fingerprint density at radius 3 is 1.55 bits per heavy atom. The lowest BCUT2D eigenvalue weighted by Crippen LogP contribution is -1.99. The van der Waals surface area contributed by atoms with Crippen LogP contribution in [0.3, 0.4) is 0 Å². The number of imidazole rings is 1. The Morgan fingerprint density at radius 2 is 0.871 bits per heavy atom. The predicted molar refractivity (Wildman–Crippen MR) is 258 cm³/mol. The topological polar surface area (TPSA) is 46.9 Å². The second-order valence-electron chi connectivity index (χ2n) is 15.5. The smallest absolute Gasteiger partial charge is 0.211 e. The zero-order chi connectivity index (χ0) is 41.4. The number of nitrogens with one attached hydrogen (secondary N) is 1. The number of benzene rings is 10. The van der Waals surface area contributed by atoms with Crippen molar-refractivity contribution >= 4 is 44.7 Å². The number of nitrogens with zero attached hydrogens (tertiary/aromatic N) is 2. The van der Waals surface area contributed by atoms with Gasteiger partial charge in [-0.1, -0.05) is 176 Å². The molecule has 1 aromatic heterocycles. The molecule has 0 aliphatic rings. The lowest BCUT2D eigenvalue weighted by Gasteiger charge is -2.20. The molecule has 0 bridgehead atoms. The van der Waals surface area contributed by atoms with Crippen molar-refractivity contribution in [1.29, 1.82) is 0 Å². The molecule has 0 unspecified atom stereocenters. The SMILES string of the molecule is O=CNc1ccccc1-c1ccccc1-c1cc(-c2c3ccccc3c(-c3ccc(-c4ccccc4)cc3)c3ccccc23)cc(-c2nc3ccccc3n2-c2ccccc2)c1. The molecule has 0 fully saturated rings. The molecule has 0 saturated carbocycles. The monoisotopic (exact) mass is 793 g/mol. The molecule has 11 rings (SSSR count). The third-order valence-electron chi connectivity index (χ3n) is 11.9. The highest BCUT2D eigenvalue weighted by Crippen LogP contribution is 2.47. The average molecular weight is 794 g/mol. The van der Waals surface area contributed by atoms with Crippen LogP contribution in [-0.2, 0) is 4.79 Å². The van der Waals surface area contributed by atoms with Gasteiger partial charge in [-0.25, -0.2) is 4.98 Å². The first-order chi connectivity index (χ1) is 30.7. The summed E-state index contributed by atoms with van der Waals surface area (Å²) < 4.78 is 2.27. The Kier molecular flexibility index (Phi) is 9.29. The Balaban J connectivity index is 1.20. The second kappa shape index (κ2) is 15.7. The maximum atomic E-state index is 11.8. The van der Waals surface area contributed by atoms with Gasteiger partial charge in [-0.2, -0.15) is 0 Å². The number of fused-ring (bicyclic) bond motifs is 3. The molecular weight excluding hydrogens is 755 g/mol. The Morgan fingerprint density at radius 1 is 0.387 bits per heavy atom. The van der Waals surface area contributed by atoms with Crippen molar-refractivity contribution in [3.63, 3.8) is 0 Å². The van der Waals surface area contributed by atoms with Crippen LogP contribution in [0.25, 0.3) is 105 Å². The van der Waals surface area contributed by atoms with Crippen LogP contribution in [0.1, 0.15) is 0 Å².